The largest absolute Gasteiger partial charge is 0.486 e. The van der Waals surface area contributed by atoms with E-state index in [1.807, 2.05) is 0 Å². The fraction of sp³-hybridized carbons (Fsp3) is 0.107. The summed E-state index contributed by atoms with van der Waals surface area (Å²) >= 11 is 0. The van der Waals surface area contributed by atoms with Gasteiger partial charge >= 0.3 is 0 Å². The highest BCUT2D eigenvalue weighted by Crippen LogP contribution is 2.34. The summed E-state index contributed by atoms with van der Waals surface area (Å²) < 4.78 is 93.5. The van der Waals surface area contributed by atoms with Crippen LogP contribution >= 0.6 is 0 Å². The Morgan fingerprint density at radius 2 is 1.26 bits per heavy atom. The minimum atomic E-state index is -4.34. The molecule has 10 nitrogen and oxygen atoms in total. The number of carbonyl (C=O) groups is 1. The van der Waals surface area contributed by atoms with Gasteiger partial charge in [0.05, 0.1) is 15.5 Å². The number of rotatable bonds is 9. The highest BCUT2D eigenvalue weighted by Gasteiger charge is 2.29. The molecule has 1 amide bonds. The molecule has 0 saturated carbocycles. The minimum absolute atomic E-state index is 0.0368. The zero-order valence-electron chi connectivity index (χ0n) is 21.7. The number of nitrogens with zero attached hydrogens (tertiary/aromatic N) is 1. The second-order valence-electron chi connectivity index (χ2n) is 8.98. The molecule has 1 heterocycles. The number of carbonyl (C=O) groups excluding carboxylic acids is 1. The Balaban J connectivity index is 1.35. The van der Waals surface area contributed by atoms with Gasteiger partial charge in [0.25, 0.3) is 20.0 Å². The van der Waals surface area contributed by atoms with Gasteiger partial charge in [0, 0.05) is 17.4 Å². The molecule has 0 aromatic heterocycles. The van der Waals surface area contributed by atoms with Gasteiger partial charge in [-0.25, -0.2) is 25.6 Å². The number of halogens is 2. The van der Waals surface area contributed by atoms with Crippen LogP contribution in [0.25, 0.3) is 0 Å². The number of fused-ring (bicyclic) bond motifs is 1. The molecule has 0 unspecified atom stereocenters. The monoisotopic (exact) mass is 615 g/mol. The number of hydrogen-bond donors (Lipinski definition) is 2. The molecule has 218 valence electrons. The molecular weight excluding hydrogens is 592 g/mol. The van der Waals surface area contributed by atoms with Crippen molar-refractivity contribution in [3.63, 3.8) is 0 Å². The molecule has 4 aromatic carbocycles. The van der Waals surface area contributed by atoms with E-state index < -0.39 is 44.1 Å². The van der Waals surface area contributed by atoms with Gasteiger partial charge in [-0.15, -0.1) is 0 Å². The van der Waals surface area contributed by atoms with Crippen molar-refractivity contribution in [2.24, 2.45) is 0 Å². The van der Waals surface area contributed by atoms with Crippen molar-refractivity contribution in [2.75, 3.05) is 34.1 Å². The second-order valence-corrected chi connectivity index (χ2v) is 12.5. The number of sulfonamides is 2. The first-order valence-corrected chi connectivity index (χ1v) is 15.3. The van der Waals surface area contributed by atoms with Crippen molar-refractivity contribution < 1.29 is 39.9 Å². The number of anilines is 3. The molecule has 14 heteroatoms. The smallest absolute Gasteiger partial charge is 0.264 e. The predicted molar refractivity (Wildman–Crippen MR) is 151 cm³/mol. The van der Waals surface area contributed by atoms with Crippen LogP contribution in [-0.2, 0) is 24.8 Å². The molecular formula is C28H23F2N3O7S2. The highest BCUT2D eigenvalue weighted by atomic mass is 32.2. The summed E-state index contributed by atoms with van der Waals surface area (Å²) in [4.78, 5) is 12.7. The number of nitrogens with one attached hydrogen (secondary N) is 2. The van der Waals surface area contributed by atoms with Crippen molar-refractivity contribution in [3.8, 4) is 11.5 Å². The Labute approximate surface area is 240 Å². The van der Waals surface area contributed by atoms with Gasteiger partial charge in [-0.05, 0) is 84.9 Å². The Bertz CT molecular complexity index is 1820. The molecule has 42 heavy (non-hydrogen) atoms. The van der Waals surface area contributed by atoms with E-state index in [0.717, 1.165) is 28.6 Å². The maximum absolute atomic E-state index is 13.7. The summed E-state index contributed by atoms with van der Waals surface area (Å²) in [5, 5.41) is 2.54. The van der Waals surface area contributed by atoms with Crippen LogP contribution in [-0.4, -0.2) is 42.5 Å². The van der Waals surface area contributed by atoms with E-state index in [2.05, 4.69) is 10.0 Å². The molecule has 5 rings (SSSR count). The Hall–Kier alpha value is -4.69. The lowest BCUT2D eigenvalue weighted by molar-refractivity contribution is -0.114. The fourth-order valence-electron chi connectivity index (χ4n) is 4.01. The van der Waals surface area contributed by atoms with Crippen molar-refractivity contribution >= 4 is 43.0 Å². The summed E-state index contributed by atoms with van der Waals surface area (Å²) in [5.74, 6) is -1.25. The van der Waals surface area contributed by atoms with Crippen LogP contribution in [0.2, 0.25) is 0 Å². The third kappa shape index (κ3) is 6.44. The molecule has 0 aliphatic carbocycles. The first-order chi connectivity index (χ1) is 20.0. The van der Waals surface area contributed by atoms with Crippen LogP contribution in [0.15, 0.2) is 101 Å². The average molecular weight is 616 g/mol. The van der Waals surface area contributed by atoms with Gasteiger partial charge in [0.2, 0.25) is 5.91 Å². The van der Waals surface area contributed by atoms with Gasteiger partial charge in [0.15, 0.2) is 11.5 Å². The molecule has 0 saturated heterocycles. The first kappa shape index (κ1) is 28.8. The normalized spacial score (nSPS) is 12.8. The molecule has 4 aromatic rings. The van der Waals surface area contributed by atoms with Crippen molar-refractivity contribution in [2.45, 2.75) is 9.79 Å². The maximum Gasteiger partial charge on any atom is 0.264 e. The lowest BCUT2D eigenvalue weighted by Crippen LogP contribution is -2.38. The molecule has 1 aliphatic heterocycles. The predicted octanol–water partition coefficient (Wildman–Crippen LogP) is 4.37. The summed E-state index contributed by atoms with van der Waals surface area (Å²) in [7, 11) is -8.35. The van der Waals surface area contributed by atoms with Crippen molar-refractivity contribution in [3.05, 3.63) is 103 Å². The molecule has 0 spiro atoms. The van der Waals surface area contributed by atoms with E-state index in [0.29, 0.717) is 12.4 Å². The average Bonchev–Trinajstić information content (AvgIpc) is 2.97. The molecule has 0 radical (unpaired) electrons. The van der Waals surface area contributed by atoms with Crippen LogP contribution in [0.4, 0.5) is 25.8 Å². The first-order valence-electron chi connectivity index (χ1n) is 12.4. The minimum Gasteiger partial charge on any atom is -0.486 e. The number of ether oxygens (including phenoxy) is 2. The van der Waals surface area contributed by atoms with E-state index in [9.17, 15) is 30.4 Å². The molecule has 1 aliphatic rings. The van der Waals surface area contributed by atoms with Crippen molar-refractivity contribution in [1.29, 1.82) is 0 Å². The molecule has 0 atom stereocenters. The van der Waals surface area contributed by atoms with Crippen LogP contribution in [0.3, 0.4) is 0 Å². The van der Waals surface area contributed by atoms with E-state index in [1.54, 1.807) is 0 Å². The van der Waals surface area contributed by atoms with Crippen LogP contribution in [0.1, 0.15) is 0 Å². The molecule has 2 N–H and O–H groups in total. The topological polar surface area (TPSA) is 131 Å². The van der Waals surface area contributed by atoms with E-state index in [-0.39, 0.29) is 39.2 Å². The lowest BCUT2D eigenvalue weighted by atomic mass is 10.3. The van der Waals surface area contributed by atoms with Crippen molar-refractivity contribution in [1.82, 2.24) is 0 Å². The summed E-state index contributed by atoms with van der Waals surface area (Å²) in [6.07, 6.45) is 0. The quantitative estimate of drug-likeness (QED) is 0.286. The Morgan fingerprint density at radius 1 is 0.714 bits per heavy atom. The Morgan fingerprint density at radius 3 is 1.90 bits per heavy atom. The van der Waals surface area contributed by atoms with Gasteiger partial charge in [0.1, 0.15) is 31.4 Å². The molecule has 0 fully saturated rings. The maximum atomic E-state index is 13.7. The standard InChI is InChI=1S/C28H23F2N3O7S2/c29-19-1-5-22(6-2-19)32-41(35,36)24-11-7-21(8-12-24)31-28(34)18-33(23-9-3-20(30)4-10-23)42(37,38)25-13-14-26-27(17-25)40-16-15-39-26/h1-14,17,32H,15-16,18H2,(H,31,34). The van der Waals surface area contributed by atoms with E-state index >= 15 is 0 Å². The fourth-order valence-corrected chi connectivity index (χ4v) is 6.51. The van der Waals surface area contributed by atoms with Gasteiger partial charge < -0.3 is 14.8 Å². The van der Waals surface area contributed by atoms with Gasteiger partial charge in [-0.2, -0.15) is 0 Å². The van der Waals surface area contributed by atoms with Crippen LogP contribution in [0.5, 0.6) is 11.5 Å². The third-order valence-corrected chi connectivity index (χ3v) is 9.22. The third-order valence-electron chi connectivity index (χ3n) is 6.05. The van der Waals surface area contributed by atoms with Crippen LogP contribution in [0, 0.1) is 11.6 Å². The summed E-state index contributed by atoms with van der Waals surface area (Å²) in [5.41, 5.74) is 0.389. The zero-order valence-corrected chi connectivity index (χ0v) is 23.3. The number of hydrogen-bond acceptors (Lipinski definition) is 7. The van der Waals surface area contributed by atoms with Gasteiger partial charge in [-0.1, -0.05) is 0 Å². The SMILES string of the molecule is O=C(CN(c1ccc(F)cc1)S(=O)(=O)c1ccc2c(c1)OCCO2)Nc1ccc(S(=O)(=O)Nc2ccc(F)cc2)cc1. The lowest BCUT2D eigenvalue weighted by Gasteiger charge is -2.25. The second kappa shape index (κ2) is 11.7. The molecule has 0 bridgehead atoms. The van der Waals surface area contributed by atoms with Gasteiger partial charge in [-0.3, -0.25) is 13.8 Å². The van der Waals surface area contributed by atoms with E-state index in [4.69, 9.17) is 9.47 Å². The zero-order chi connectivity index (χ0) is 29.9. The summed E-state index contributed by atoms with van der Waals surface area (Å²) in [6, 6.07) is 18.5. The number of amides is 1. The van der Waals surface area contributed by atoms with Crippen LogP contribution < -0.4 is 23.8 Å². The number of benzene rings is 4. The Kier molecular flexibility index (Phi) is 8.00. The highest BCUT2D eigenvalue weighted by molar-refractivity contribution is 7.93. The summed E-state index contributed by atoms with van der Waals surface area (Å²) in [6.45, 7) is -0.129. The van der Waals surface area contributed by atoms with E-state index in [1.165, 1.54) is 66.7 Å².